The third kappa shape index (κ3) is 6.28. The van der Waals surface area contributed by atoms with Gasteiger partial charge in [0.2, 0.25) is 5.91 Å². The van der Waals surface area contributed by atoms with Crippen molar-refractivity contribution in [2.24, 2.45) is 0 Å². The molecule has 0 aliphatic carbocycles. The van der Waals surface area contributed by atoms with E-state index in [0.717, 1.165) is 15.4 Å². The van der Waals surface area contributed by atoms with E-state index in [9.17, 15) is 13.2 Å². The van der Waals surface area contributed by atoms with Gasteiger partial charge in [-0.15, -0.1) is 0 Å². The fourth-order valence-electron chi connectivity index (χ4n) is 3.65. The molecule has 36 heavy (non-hydrogen) atoms. The number of hydrogen-bond donors (Lipinski definition) is 1. The van der Waals surface area contributed by atoms with E-state index in [1.54, 1.807) is 55.6 Å². The van der Waals surface area contributed by atoms with Gasteiger partial charge in [0.15, 0.2) is 11.5 Å². The topological polar surface area (TPSA) is 94.2 Å². The van der Waals surface area contributed by atoms with E-state index < -0.39 is 28.5 Å². The maximum absolute atomic E-state index is 13.6. The molecule has 3 aromatic rings. The number of hydrogen-bond acceptors (Lipinski definition) is 6. The van der Waals surface area contributed by atoms with Crippen LogP contribution in [0.1, 0.15) is 31.0 Å². The van der Waals surface area contributed by atoms with Crippen LogP contribution in [0.15, 0.2) is 71.6 Å². The summed E-state index contributed by atoms with van der Waals surface area (Å²) in [5, 5.41) is 2.88. The molecule has 3 aromatic carbocycles. The van der Waals surface area contributed by atoms with Gasteiger partial charge < -0.3 is 19.5 Å². The summed E-state index contributed by atoms with van der Waals surface area (Å²) < 4.78 is 44.4. The van der Waals surface area contributed by atoms with Crippen LogP contribution in [0.4, 0.5) is 5.69 Å². The molecule has 0 aliphatic rings. The number of ether oxygens (including phenoxy) is 3. The normalized spacial score (nSPS) is 11.9. The second-order valence-corrected chi connectivity index (χ2v) is 10.0. The van der Waals surface area contributed by atoms with Crippen molar-refractivity contribution in [3.63, 3.8) is 0 Å². The lowest BCUT2D eigenvalue weighted by molar-refractivity contribution is -0.120. The zero-order valence-electron chi connectivity index (χ0n) is 21.1. The smallest absolute Gasteiger partial charge is 0.264 e. The molecule has 0 radical (unpaired) electrons. The zero-order chi connectivity index (χ0) is 26.3. The number of carbonyl (C=O) groups excluding carboxylic acids is 1. The lowest BCUT2D eigenvalue weighted by atomic mass is 10.1. The van der Waals surface area contributed by atoms with Gasteiger partial charge in [-0.3, -0.25) is 9.10 Å². The molecule has 1 atom stereocenters. The Hall–Kier alpha value is -3.72. The minimum atomic E-state index is -4.02. The van der Waals surface area contributed by atoms with Crippen molar-refractivity contribution in [2.75, 3.05) is 31.7 Å². The molecular formula is C27H32N2O6S. The lowest BCUT2D eigenvalue weighted by Crippen LogP contribution is -2.41. The number of amides is 1. The van der Waals surface area contributed by atoms with Crippen LogP contribution in [0, 0.1) is 6.92 Å². The number of anilines is 1. The Balaban J connectivity index is 1.88. The Labute approximate surface area is 212 Å². The van der Waals surface area contributed by atoms with Crippen molar-refractivity contribution < 1.29 is 27.4 Å². The SMILES string of the molecule is CCOc1ccc(N(CC(=O)N[C@H](C)c2ccc(OC)c(OC)c2)S(=O)(=O)c2ccc(C)cc2)cc1. The molecule has 0 saturated carbocycles. The first-order valence-electron chi connectivity index (χ1n) is 11.5. The summed E-state index contributed by atoms with van der Waals surface area (Å²) in [5.74, 6) is 1.27. The number of rotatable bonds is 11. The number of nitrogens with one attached hydrogen (secondary N) is 1. The summed E-state index contributed by atoms with van der Waals surface area (Å²) in [5.41, 5.74) is 2.08. The molecule has 0 unspecified atom stereocenters. The molecule has 192 valence electrons. The molecule has 0 spiro atoms. The molecule has 0 saturated heterocycles. The van der Waals surface area contributed by atoms with Crippen LogP contribution in [-0.2, 0) is 14.8 Å². The van der Waals surface area contributed by atoms with Crippen molar-refractivity contribution >= 4 is 21.6 Å². The van der Waals surface area contributed by atoms with E-state index in [2.05, 4.69) is 5.32 Å². The average molecular weight is 513 g/mol. The third-order valence-electron chi connectivity index (χ3n) is 5.62. The highest BCUT2D eigenvalue weighted by Crippen LogP contribution is 2.30. The Bertz CT molecular complexity index is 1270. The first kappa shape index (κ1) is 26.9. The molecule has 3 rings (SSSR count). The second kappa shape index (κ2) is 11.8. The maximum Gasteiger partial charge on any atom is 0.264 e. The van der Waals surface area contributed by atoms with Gasteiger partial charge in [-0.25, -0.2) is 8.42 Å². The van der Waals surface area contributed by atoms with Crippen molar-refractivity contribution in [1.29, 1.82) is 0 Å². The lowest BCUT2D eigenvalue weighted by Gasteiger charge is -2.25. The van der Waals surface area contributed by atoms with Crippen LogP contribution < -0.4 is 23.8 Å². The van der Waals surface area contributed by atoms with Crippen LogP contribution >= 0.6 is 0 Å². The summed E-state index contributed by atoms with van der Waals surface area (Å²) >= 11 is 0. The number of aryl methyl sites for hydroxylation is 1. The molecule has 0 bridgehead atoms. The van der Waals surface area contributed by atoms with Crippen molar-refractivity contribution in [3.05, 3.63) is 77.9 Å². The number of carbonyl (C=O) groups is 1. The Kier molecular flexibility index (Phi) is 8.82. The molecule has 1 N–H and O–H groups in total. The molecule has 8 nitrogen and oxygen atoms in total. The van der Waals surface area contributed by atoms with Crippen molar-refractivity contribution in [1.82, 2.24) is 5.32 Å². The van der Waals surface area contributed by atoms with Crippen LogP contribution in [0.25, 0.3) is 0 Å². The van der Waals surface area contributed by atoms with Gasteiger partial charge in [0.1, 0.15) is 12.3 Å². The van der Waals surface area contributed by atoms with Crippen LogP contribution in [0.5, 0.6) is 17.2 Å². The Morgan fingerprint density at radius 2 is 1.58 bits per heavy atom. The quantitative estimate of drug-likeness (QED) is 0.407. The van der Waals surface area contributed by atoms with Gasteiger partial charge in [0.05, 0.1) is 37.5 Å². The summed E-state index contributed by atoms with van der Waals surface area (Å²) in [6.07, 6.45) is 0. The molecule has 0 aliphatic heterocycles. The number of sulfonamides is 1. The van der Waals surface area contributed by atoms with Gasteiger partial charge in [0.25, 0.3) is 10.0 Å². The fourth-order valence-corrected chi connectivity index (χ4v) is 5.07. The van der Waals surface area contributed by atoms with Gasteiger partial charge in [-0.2, -0.15) is 0 Å². The van der Waals surface area contributed by atoms with E-state index >= 15 is 0 Å². The van der Waals surface area contributed by atoms with Crippen molar-refractivity contribution in [2.45, 2.75) is 31.7 Å². The predicted molar refractivity (Wildman–Crippen MR) is 139 cm³/mol. The number of nitrogens with zero attached hydrogens (tertiary/aromatic N) is 1. The first-order chi connectivity index (χ1) is 17.2. The first-order valence-corrected chi connectivity index (χ1v) is 13.0. The van der Waals surface area contributed by atoms with Gasteiger partial charge in [-0.1, -0.05) is 23.8 Å². The second-order valence-electron chi connectivity index (χ2n) is 8.16. The predicted octanol–water partition coefficient (Wildman–Crippen LogP) is 4.48. The highest BCUT2D eigenvalue weighted by Gasteiger charge is 2.28. The van der Waals surface area contributed by atoms with Crippen LogP contribution in [-0.4, -0.2) is 41.7 Å². The number of benzene rings is 3. The van der Waals surface area contributed by atoms with E-state index in [1.807, 2.05) is 26.8 Å². The molecule has 1 amide bonds. The zero-order valence-corrected chi connectivity index (χ0v) is 22.0. The van der Waals surface area contributed by atoms with Crippen molar-refractivity contribution in [3.8, 4) is 17.2 Å². The molecule has 0 fully saturated rings. The largest absolute Gasteiger partial charge is 0.494 e. The summed E-state index contributed by atoms with van der Waals surface area (Å²) in [6.45, 7) is 5.65. The monoisotopic (exact) mass is 512 g/mol. The minimum Gasteiger partial charge on any atom is -0.494 e. The number of methoxy groups -OCH3 is 2. The average Bonchev–Trinajstić information content (AvgIpc) is 2.87. The maximum atomic E-state index is 13.6. The summed E-state index contributed by atoms with van der Waals surface area (Å²) in [7, 11) is -0.930. The molecule has 9 heteroatoms. The molecule has 0 aromatic heterocycles. The molecule has 0 heterocycles. The minimum absolute atomic E-state index is 0.0997. The van der Waals surface area contributed by atoms with Crippen LogP contribution in [0.3, 0.4) is 0 Å². The Morgan fingerprint density at radius 1 is 0.944 bits per heavy atom. The van der Waals surface area contributed by atoms with E-state index in [1.165, 1.54) is 19.2 Å². The standard InChI is InChI=1S/C27H32N2O6S/c1-6-35-23-12-10-22(11-13-23)29(36(31,32)24-14-7-19(2)8-15-24)18-27(30)28-20(3)21-9-16-25(33-4)26(17-21)34-5/h7-17,20H,6,18H2,1-5H3,(H,28,30)/t20-/m1/s1. The van der Waals surface area contributed by atoms with E-state index in [-0.39, 0.29) is 4.90 Å². The Morgan fingerprint density at radius 3 is 2.17 bits per heavy atom. The summed E-state index contributed by atoms with van der Waals surface area (Å²) in [4.78, 5) is 13.2. The molecular weight excluding hydrogens is 480 g/mol. The van der Waals surface area contributed by atoms with Gasteiger partial charge in [0, 0.05) is 0 Å². The van der Waals surface area contributed by atoms with Gasteiger partial charge in [-0.05, 0) is 74.9 Å². The third-order valence-corrected chi connectivity index (χ3v) is 7.41. The van der Waals surface area contributed by atoms with E-state index in [4.69, 9.17) is 14.2 Å². The fraction of sp³-hybridized carbons (Fsp3) is 0.296. The van der Waals surface area contributed by atoms with Crippen LogP contribution in [0.2, 0.25) is 0 Å². The highest BCUT2D eigenvalue weighted by molar-refractivity contribution is 7.92. The van der Waals surface area contributed by atoms with E-state index in [0.29, 0.717) is 29.5 Å². The van der Waals surface area contributed by atoms with Gasteiger partial charge >= 0.3 is 0 Å². The highest BCUT2D eigenvalue weighted by atomic mass is 32.2. The summed E-state index contributed by atoms with van der Waals surface area (Å²) in [6, 6.07) is 18.1.